The third kappa shape index (κ3) is 1110. The molecule has 0 spiro atoms. The van der Waals surface area contributed by atoms with Gasteiger partial charge in [0, 0.05) is 46.6 Å². The second kappa shape index (κ2) is 586. The van der Waals surface area contributed by atoms with Crippen LogP contribution in [0.2, 0.25) is 0 Å². The molecule has 0 aliphatic carbocycles. The van der Waals surface area contributed by atoms with Crippen LogP contribution in [0.1, 0.15) is 12.8 Å². The van der Waals surface area contributed by atoms with Gasteiger partial charge in [-0.2, -0.15) is 0 Å². The Hall–Kier alpha value is -1.03. The van der Waals surface area contributed by atoms with E-state index in [9.17, 15) is 0 Å². The van der Waals surface area contributed by atoms with E-state index in [0.29, 0.717) is 6.42 Å². The van der Waals surface area contributed by atoms with Crippen LogP contribution < -0.4 is 0 Å². The van der Waals surface area contributed by atoms with Crippen molar-refractivity contribution in [3.05, 3.63) is 39.9 Å². The zero-order chi connectivity index (χ0) is 16.8. The number of terminal acetylenes is 1. The van der Waals surface area contributed by atoms with Crippen LogP contribution in [0.4, 0.5) is 0 Å². The molecule has 0 unspecified atom stereocenters. The minimum atomic E-state index is 0. The summed E-state index contributed by atoms with van der Waals surface area (Å²) in [6.07, 6.45) is 6.28. The van der Waals surface area contributed by atoms with Gasteiger partial charge in [0.25, 0.3) is 0 Å². The van der Waals surface area contributed by atoms with Gasteiger partial charge in [-0.25, -0.2) is 0 Å². The van der Waals surface area contributed by atoms with Gasteiger partial charge in [0.1, 0.15) is 0 Å². The maximum Gasteiger partial charge on any atom is 0 e. The Kier molecular flexibility index (Phi) is 1800. The van der Waals surface area contributed by atoms with Gasteiger partial charge < -0.3 is 5.11 Å². The molecule has 0 saturated carbocycles. The summed E-state index contributed by atoms with van der Waals surface area (Å²) in [6.45, 7) is 27.2. The zero-order valence-electron chi connectivity index (χ0n) is 9.76. The van der Waals surface area contributed by atoms with Crippen molar-refractivity contribution in [3.63, 3.8) is 0 Å². The zero-order valence-corrected chi connectivity index (χ0v) is 11.8. The fourth-order valence-corrected chi connectivity index (χ4v) is 0.181. The molecule has 7 nitrogen and oxygen atoms in total. The Morgan fingerprint density at radius 3 is 0.950 bits per heavy atom. The van der Waals surface area contributed by atoms with E-state index in [0.717, 1.165) is 6.42 Å². The van der Waals surface area contributed by atoms with Crippen molar-refractivity contribution in [1.29, 1.82) is 0 Å². The van der Waals surface area contributed by atoms with Crippen molar-refractivity contribution < 1.29 is 66.6 Å². The molecule has 0 heterocycles. The first-order valence-corrected chi connectivity index (χ1v) is 3.18. The second-order valence-corrected chi connectivity index (χ2v) is 1.03. The summed E-state index contributed by atoms with van der Waals surface area (Å²) in [5.41, 5.74) is 0. The van der Waals surface area contributed by atoms with Crippen LogP contribution in [-0.4, -0.2) is 11.7 Å². The summed E-state index contributed by atoms with van der Waals surface area (Å²) in [7, 11) is 0. The SMILES string of the molecule is C#CCCCO.[C-]#[O+].[C-]#[O+].[C-]#[O+].[C-]#[O+].[C-]#[O+].[C-]#[O+].[Co].[Co]. The van der Waals surface area contributed by atoms with E-state index in [1.807, 2.05) is 0 Å². The molecular weight excluding hydrogens is 362 g/mol. The molecule has 0 aliphatic heterocycles. The van der Waals surface area contributed by atoms with Crippen LogP contribution in [0.5, 0.6) is 0 Å². The monoisotopic (exact) mass is 370 g/mol. The van der Waals surface area contributed by atoms with Gasteiger partial charge in [0.2, 0.25) is 0 Å². The van der Waals surface area contributed by atoms with Crippen LogP contribution in [-0.2, 0) is 61.5 Å². The molecule has 20 heavy (non-hydrogen) atoms. The quantitative estimate of drug-likeness (QED) is 0.315. The van der Waals surface area contributed by atoms with Gasteiger partial charge in [-0.15, -0.1) is 12.3 Å². The van der Waals surface area contributed by atoms with Gasteiger partial charge in [-0.05, 0) is 6.42 Å². The average Bonchev–Trinajstić information content (AvgIpc) is 2.57. The number of aliphatic hydroxyl groups excluding tert-OH is 1. The summed E-state index contributed by atoms with van der Waals surface area (Å²) >= 11 is 0. The number of hydrogen-bond acceptors (Lipinski definition) is 1. The predicted octanol–water partition coefficient (Wildman–Crippen LogP) is 0.162. The Labute approximate surface area is 138 Å². The minimum absolute atomic E-state index is 0. The molecule has 0 amide bonds. The normalized spacial score (nSPS) is 2.80. The van der Waals surface area contributed by atoms with E-state index in [2.05, 4.69) is 45.8 Å². The molecule has 0 rings (SSSR count). The Morgan fingerprint density at radius 1 is 0.700 bits per heavy atom. The molecule has 2 radical (unpaired) electrons. The molecule has 1 N–H and O–H groups in total. The number of aliphatic hydroxyl groups is 1. The van der Waals surface area contributed by atoms with Crippen molar-refractivity contribution in [2.24, 2.45) is 0 Å². The molecule has 0 saturated heterocycles. The first-order valence-electron chi connectivity index (χ1n) is 3.18. The second-order valence-electron chi connectivity index (χ2n) is 1.03. The third-order valence-electron chi connectivity index (χ3n) is 0.479. The molecule has 0 fully saturated rings. The fraction of sp³-hybridized carbons (Fsp3) is 0.273. The molecule has 0 aliphatic rings. The first-order chi connectivity index (χ1) is 8.91. The molecule has 9 heteroatoms. The summed E-state index contributed by atoms with van der Waals surface area (Å²) in [5, 5.41) is 8.10. The molecule has 0 aromatic heterocycles. The summed E-state index contributed by atoms with van der Waals surface area (Å²) in [4.78, 5) is 0. The van der Waals surface area contributed by atoms with E-state index >= 15 is 0 Å². The Morgan fingerprint density at radius 2 is 0.900 bits per heavy atom. The third-order valence-corrected chi connectivity index (χ3v) is 0.479. The van der Waals surface area contributed by atoms with Crippen LogP contribution in [0.3, 0.4) is 0 Å². The van der Waals surface area contributed by atoms with Crippen molar-refractivity contribution in [3.8, 4) is 12.3 Å². The van der Waals surface area contributed by atoms with Gasteiger partial charge in [0.05, 0.1) is 0 Å². The Bertz CT molecular complexity index is 199. The van der Waals surface area contributed by atoms with Gasteiger partial charge in [-0.1, -0.05) is 0 Å². The molecular formula is C11H8Co2O7. The molecule has 112 valence electrons. The smallest absolute Gasteiger partial charge is 0 e. The van der Waals surface area contributed by atoms with Crippen LogP contribution >= 0.6 is 0 Å². The van der Waals surface area contributed by atoms with Crippen molar-refractivity contribution in [1.82, 2.24) is 0 Å². The molecule has 0 bridgehead atoms. The van der Waals surface area contributed by atoms with Gasteiger partial charge in [0.15, 0.2) is 0 Å². The molecule has 0 aromatic rings. The van der Waals surface area contributed by atoms with Crippen LogP contribution in [0.25, 0.3) is 0 Å². The topological polar surface area (TPSA) is 140 Å². The van der Waals surface area contributed by atoms with Crippen LogP contribution in [0, 0.1) is 52.2 Å². The van der Waals surface area contributed by atoms with Crippen molar-refractivity contribution in [2.75, 3.05) is 6.61 Å². The number of unbranched alkanes of at least 4 members (excludes halogenated alkanes) is 1. The Balaban J connectivity index is -0.0000000109. The van der Waals surface area contributed by atoms with Crippen molar-refractivity contribution in [2.45, 2.75) is 12.8 Å². The van der Waals surface area contributed by atoms with E-state index in [4.69, 9.17) is 39.4 Å². The fourth-order valence-electron chi connectivity index (χ4n) is 0.181. The van der Waals surface area contributed by atoms with E-state index in [1.165, 1.54) is 0 Å². The first kappa shape index (κ1) is 61.6. The largest absolute Gasteiger partial charge is 0 e. The van der Waals surface area contributed by atoms with Crippen LogP contribution in [0.15, 0.2) is 0 Å². The molecule has 0 atom stereocenters. The number of hydrogen-bond donors (Lipinski definition) is 1. The van der Waals surface area contributed by atoms with E-state index < -0.39 is 0 Å². The van der Waals surface area contributed by atoms with Gasteiger partial charge in [-0.3, -0.25) is 0 Å². The predicted molar refractivity (Wildman–Crippen MR) is 48.7 cm³/mol. The maximum atomic E-state index is 8.10. The minimum Gasteiger partial charge on any atom is 0 e. The summed E-state index contributed by atoms with van der Waals surface area (Å²) in [6, 6.07) is 0. The average molecular weight is 370 g/mol. The van der Waals surface area contributed by atoms with Crippen molar-refractivity contribution >= 4 is 0 Å². The number of rotatable bonds is 2. The summed E-state index contributed by atoms with van der Waals surface area (Å²) < 4.78 is 45.0. The summed E-state index contributed by atoms with van der Waals surface area (Å²) in [5.74, 6) is 2.41. The van der Waals surface area contributed by atoms with E-state index in [-0.39, 0.29) is 40.2 Å². The van der Waals surface area contributed by atoms with E-state index in [1.54, 1.807) is 0 Å². The van der Waals surface area contributed by atoms with Gasteiger partial charge >= 0.3 is 67.8 Å². The molecule has 0 aromatic carbocycles. The maximum absolute atomic E-state index is 8.10. The standard InChI is InChI=1S/C5H8O.6CO.2Co/c1-2-3-4-5-6;6*1-2;;/h1,6H,3-5H2;;;;;;;;.